The molecule has 2 aliphatic rings. The van der Waals surface area contributed by atoms with Gasteiger partial charge in [-0.15, -0.1) is 0 Å². The zero-order valence-electron chi connectivity index (χ0n) is 12.8. The first-order valence-electron chi connectivity index (χ1n) is 7.90. The fraction of sp³-hybridized carbons (Fsp3) is 0.562. The van der Waals surface area contributed by atoms with Crippen molar-refractivity contribution in [1.29, 1.82) is 0 Å². The van der Waals surface area contributed by atoms with Crippen molar-refractivity contribution in [1.82, 2.24) is 19.7 Å². The van der Waals surface area contributed by atoms with Gasteiger partial charge in [-0.3, -0.25) is 9.69 Å². The van der Waals surface area contributed by atoms with Crippen molar-refractivity contribution in [3.8, 4) is 0 Å². The van der Waals surface area contributed by atoms with Gasteiger partial charge in [-0.2, -0.15) is 5.10 Å². The van der Waals surface area contributed by atoms with Crippen LogP contribution >= 0.6 is 0 Å². The maximum absolute atomic E-state index is 12.1. The van der Waals surface area contributed by atoms with Crippen molar-refractivity contribution in [2.75, 3.05) is 13.1 Å². The smallest absolute Gasteiger partial charge is 0.267 e. The standard InChI is InChI=1S/C16H20N4O2/c1-11-17-14(10-22-11)9-19-6-12(7-19)8-20-16(21)5-13-3-2-4-15(13)18-20/h5,10,12H,2-4,6-9H2,1H3. The summed E-state index contributed by atoms with van der Waals surface area (Å²) < 4.78 is 6.88. The van der Waals surface area contributed by atoms with Gasteiger partial charge < -0.3 is 4.42 Å². The Labute approximate surface area is 128 Å². The monoisotopic (exact) mass is 300 g/mol. The molecule has 6 nitrogen and oxygen atoms in total. The molecule has 2 aromatic rings. The highest BCUT2D eigenvalue weighted by Crippen LogP contribution is 2.21. The van der Waals surface area contributed by atoms with Crippen LogP contribution in [0.1, 0.15) is 29.3 Å². The summed E-state index contributed by atoms with van der Waals surface area (Å²) in [5, 5.41) is 4.55. The molecule has 0 saturated carbocycles. The number of fused-ring (bicyclic) bond motifs is 1. The lowest BCUT2D eigenvalue weighted by Crippen LogP contribution is -2.49. The molecule has 0 radical (unpaired) electrons. The Hall–Kier alpha value is -1.95. The number of hydrogen-bond donors (Lipinski definition) is 0. The van der Waals surface area contributed by atoms with Crippen molar-refractivity contribution in [2.45, 2.75) is 39.3 Å². The molecule has 2 aromatic heterocycles. The van der Waals surface area contributed by atoms with Crippen LogP contribution in [-0.4, -0.2) is 32.8 Å². The zero-order valence-corrected chi connectivity index (χ0v) is 12.8. The molecular weight excluding hydrogens is 280 g/mol. The van der Waals surface area contributed by atoms with E-state index in [1.54, 1.807) is 17.0 Å². The van der Waals surface area contributed by atoms with Crippen LogP contribution in [0.25, 0.3) is 0 Å². The summed E-state index contributed by atoms with van der Waals surface area (Å²) in [7, 11) is 0. The quantitative estimate of drug-likeness (QED) is 0.848. The maximum Gasteiger partial charge on any atom is 0.267 e. The molecular formula is C16H20N4O2. The summed E-state index contributed by atoms with van der Waals surface area (Å²) in [4.78, 5) is 18.7. The van der Waals surface area contributed by atoms with Crippen LogP contribution in [0.5, 0.6) is 0 Å². The summed E-state index contributed by atoms with van der Waals surface area (Å²) in [6.45, 7) is 5.36. The third kappa shape index (κ3) is 2.59. The third-order valence-electron chi connectivity index (χ3n) is 4.54. The van der Waals surface area contributed by atoms with Gasteiger partial charge in [0.1, 0.15) is 6.26 Å². The molecule has 3 heterocycles. The summed E-state index contributed by atoms with van der Waals surface area (Å²) in [5.41, 5.74) is 3.29. The first kappa shape index (κ1) is 13.7. The lowest BCUT2D eigenvalue weighted by molar-refractivity contribution is 0.0752. The number of aromatic nitrogens is 3. The topological polar surface area (TPSA) is 64.2 Å². The molecule has 116 valence electrons. The molecule has 1 aliphatic carbocycles. The van der Waals surface area contributed by atoms with Crippen LogP contribution in [0, 0.1) is 12.8 Å². The van der Waals surface area contributed by atoms with E-state index in [-0.39, 0.29) is 5.56 Å². The Kier molecular flexibility index (Phi) is 3.33. The van der Waals surface area contributed by atoms with Crippen LogP contribution in [-0.2, 0) is 25.9 Å². The van der Waals surface area contributed by atoms with Gasteiger partial charge in [-0.25, -0.2) is 9.67 Å². The van der Waals surface area contributed by atoms with Gasteiger partial charge in [-0.05, 0) is 24.8 Å². The van der Waals surface area contributed by atoms with E-state index < -0.39 is 0 Å². The summed E-state index contributed by atoms with van der Waals surface area (Å²) in [6, 6.07) is 1.78. The van der Waals surface area contributed by atoms with Crippen molar-refractivity contribution < 1.29 is 4.42 Å². The van der Waals surface area contributed by atoms with E-state index in [0.717, 1.165) is 62.4 Å². The SMILES string of the molecule is Cc1nc(CN2CC(Cn3nc4c(cc3=O)CCC4)C2)co1. The van der Waals surface area contributed by atoms with Gasteiger partial charge in [0.25, 0.3) is 5.56 Å². The third-order valence-corrected chi connectivity index (χ3v) is 4.54. The molecule has 0 spiro atoms. The largest absolute Gasteiger partial charge is 0.449 e. The second-order valence-corrected chi connectivity index (χ2v) is 6.41. The molecule has 1 fully saturated rings. The van der Waals surface area contributed by atoms with E-state index in [1.165, 1.54) is 0 Å². The van der Waals surface area contributed by atoms with Gasteiger partial charge in [0, 0.05) is 38.5 Å². The molecule has 0 aromatic carbocycles. The number of rotatable bonds is 4. The highest BCUT2D eigenvalue weighted by molar-refractivity contribution is 5.22. The van der Waals surface area contributed by atoms with Gasteiger partial charge >= 0.3 is 0 Å². The van der Waals surface area contributed by atoms with Crippen molar-refractivity contribution in [2.24, 2.45) is 5.92 Å². The lowest BCUT2D eigenvalue weighted by atomic mass is 10.00. The van der Waals surface area contributed by atoms with Crippen LogP contribution in [0.15, 0.2) is 21.5 Å². The average Bonchev–Trinajstić information content (AvgIpc) is 3.05. The average molecular weight is 300 g/mol. The minimum atomic E-state index is 0.0474. The zero-order chi connectivity index (χ0) is 15.1. The Morgan fingerprint density at radius 1 is 1.36 bits per heavy atom. The van der Waals surface area contributed by atoms with E-state index in [9.17, 15) is 4.79 Å². The molecule has 1 saturated heterocycles. The normalized spacial score (nSPS) is 18.4. The van der Waals surface area contributed by atoms with E-state index in [1.807, 2.05) is 6.92 Å². The van der Waals surface area contributed by atoms with Gasteiger partial charge in [0.2, 0.25) is 0 Å². The van der Waals surface area contributed by atoms with Crippen molar-refractivity contribution in [3.05, 3.63) is 45.5 Å². The first-order chi connectivity index (χ1) is 10.7. The summed E-state index contributed by atoms with van der Waals surface area (Å²) in [6.07, 6.45) is 4.86. The van der Waals surface area contributed by atoms with Crippen LogP contribution in [0.3, 0.4) is 0 Å². The van der Waals surface area contributed by atoms with Crippen molar-refractivity contribution in [3.63, 3.8) is 0 Å². The lowest BCUT2D eigenvalue weighted by Gasteiger charge is -2.38. The molecule has 4 rings (SSSR count). The van der Waals surface area contributed by atoms with Gasteiger partial charge in [0.05, 0.1) is 17.9 Å². The predicted molar refractivity (Wildman–Crippen MR) is 80.5 cm³/mol. The number of oxazole rings is 1. The summed E-state index contributed by atoms with van der Waals surface area (Å²) in [5.74, 6) is 1.21. The number of aryl methyl sites for hydroxylation is 3. The van der Waals surface area contributed by atoms with E-state index in [0.29, 0.717) is 11.8 Å². The van der Waals surface area contributed by atoms with Gasteiger partial charge in [-0.1, -0.05) is 0 Å². The highest BCUT2D eigenvalue weighted by Gasteiger charge is 2.28. The van der Waals surface area contributed by atoms with E-state index in [2.05, 4.69) is 15.0 Å². The summed E-state index contributed by atoms with van der Waals surface area (Å²) >= 11 is 0. The Morgan fingerprint density at radius 2 is 2.23 bits per heavy atom. The highest BCUT2D eigenvalue weighted by atomic mass is 16.3. The maximum atomic E-state index is 12.1. The molecule has 22 heavy (non-hydrogen) atoms. The minimum absolute atomic E-state index is 0.0474. The van der Waals surface area contributed by atoms with Crippen molar-refractivity contribution >= 4 is 0 Å². The van der Waals surface area contributed by atoms with Crippen LogP contribution in [0.4, 0.5) is 0 Å². The van der Waals surface area contributed by atoms with Crippen LogP contribution in [0.2, 0.25) is 0 Å². The van der Waals surface area contributed by atoms with Crippen LogP contribution < -0.4 is 5.56 Å². The molecule has 1 aliphatic heterocycles. The number of hydrogen-bond acceptors (Lipinski definition) is 5. The minimum Gasteiger partial charge on any atom is -0.449 e. The molecule has 6 heteroatoms. The molecule has 0 amide bonds. The number of nitrogens with zero attached hydrogens (tertiary/aromatic N) is 4. The molecule has 0 atom stereocenters. The van der Waals surface area contributed by atoms with E-state index in [4.69, 9.17) is 4.42 Å². The Balaban J connectivity index is 1.35. The molecule has 0 unspecified atom stereocenters. The molecule has 0 bridgehead atoms. The first-order valence-corrected chi connectivity index (χ1v) is 7.90. The van der Waals surface area contributed by atoms with Gasteiger partial charge in [0.15, 0.2) is 5.89 Å². The fourth-order valence-electron chi connectivity index (χ4n) is 3.45. The second kappa shape index (κ2) is 5.35. The fourth-order valence-corrected chi connectivity index (χ4v) is 3.45. The predicted octanol–water partition coefficient (Wildman–Crippen LogP) is 1.16. The Morgan fingerprint density at radius 3 is 3.00 bits per heavy atom. The van der Waals surface area contributed by atoms with E-state index >= 15 is 0 Å². The Bertz CT molecular complexity index is 743. The second-order valence-electron chi connectivity index (χ2n) is 6.41. The molecule has 0 N–H and O–H groups in total. The number of likely N-dealkylation sites (tertiary alicyclic amines) is 1.